The van der Waals surface area contributed by atoms with E-state index in [9.17, 15) is 4.79 Å². The number of nitrogens with zero attached hydrogens (tertiary/aromatic N) is 1. The van der Waals surface area contributed by atoms with Gasteiger partial charge in [0.25, 0.3) is 0 Å². The van der Waals surface area contributed by atoms with Crippen LogP contribution in [0.2, 0.25) is 0 Å². The first-order valence-corrected chi connectivity index (χ1v) is 7.40. The molecule has 1 saturated heterocycles. The molecule has 1 aromatic rings. The van der Waals surface area contributed by atoms with Crippen LogP contribution in [0.1, 0.15) is 56.3 Å². The Labute approximate surface area is 120 Å². The van der Waals surface area contributed by atoms with Gasteiger partial charge in [-0.25, -0.2) is 4.79 Å². The quantitative estimate of drug-likeness (QED) is 0.918. The van der Waals surface area contributed by atoms with Crippen molar-refractivity contribution in [1.29, 1.82) is 0 Å². The van der Waals surface area contributed by atoms with Gasteiger partial charge in [0.2, 0.25) is 5.76 Å². The van der Waals surface area contributed by atoms with Crippen LogP contribution in [-0.4, -0.2) is 29.1 Å². The Bertz CT molecular complexity index is 459. The number of hydrogen-bond donors (Lipinski definition) is 1. The fourth-order valence-electron chi connectivity index (χ4n) is 2.98. The van der Waals surface area contributed by atoms with Gasteiger partial charge in [0.1, 0.15) is 5.76 Å². The van der Waals surface area contributed by atoms with Crippen LogP contribution in [0.25, 0.3) is 0 Å². The van der Waals surface area contributed by atoms with Gasteiger partial charge in [0.15, 0.2) is 0 Å². The van der Waals surface area contributed by atoms with Gasteiger partial charge in [-0.1, -0.05) is 20.8 Å². The van der Waals surface area contributed by atoms with Gasteiger partial charge in [-0.05, 0) is 55.8 Å². The molecule has 0 bridgehead atoms. The molecule has 20 heavy (non-hydrogen) atoms. The molecule has 2 rings (SSSR count). The summed E-state index contributed by atoms with van der Waals surface area (Å²) in [6.07, 6.45) is 3.68. The van der Waals surface area contributed by atoms with Crippen molar-refractivity contribution >= 4 is 5.97 Å². The first-order valence-electron chi connectivity index (χ1n) is 7.40. The molecule has 0 saturated carbocycles. The van der Waals surface area contributed by atoms with Crippen LogP contribution in [-0.2, 0) is 6.54 Å². The number of carbonyl (C=O) groups is 1. The van der Waals surface area contributed by atoms with Crippen LogP contribution < -0.4 is 0 Å². The average molecular weight is 279 g/mol. The standard InChI is InChI=1S/C16H25NO3/c1-16(2,3)12-5-4-9-17(10-8-12)11-13-6-7-14(20-13)15(18)19/h6-7,12H,4-5,8-11H2,1-3H3,(H,18,19). The SMILES string of the molecule is CC(C)(C)C1CCCN(Cc2ccc(C(=O)O)o2)CC1. The second-order valence-electron chi connectivity index (χ2n) is 6.84. The molecule has 0 aliphatic carbocycles. The smallest absolute Gasteiger partial charge is 0.371 e. The minimum Gasteiger partial charge on any atom is -0.475 e. The minimum atomic E-state index is -1.00. The summed E-state index contributed by atoms with van der Waals surface area (Å²) in [5.74, 6) is 0.539. The highest BCUT2D eigenvalue weighted by atomic mass is 16.4. The zero-order chi connectivity index (χ0) is 14.8. The van der Waals surface area contributed by atoms with E-state index in [1.807, 2.05) is 0 Å². The van der Waals surface area contributed by atoms with Crippen molar-refractivity contribution in [3.05, 3.63) is 23.7 Å². The van der Waals surface area contributed by atoms with Crippen molar-refractivity contribution in [1.82, 2.24) is 4.90 Å². The summed E-state index contributed by atoms with van der Waals surface area (Å²) in [6.45, 7) is 9.79. The number of rotatable bonds is 3. The fraction of sp³-hybridized carbons (Fsp3) is 0.688. The van der Waals surface area contributed by atoms with Gasteiger partial charge in [-0.15, -0.1) is 0 Å². The molecule has 4 heteroatoms. The minimum absolute atomic E-state index is 0.0300. The van der Waals surface area contributed by atoms with Crippen LogP contribution in [0.4, 0.5) is 0 Å². The Balaban J connectivity index is 1.92. The predicted molar refractivity (Wildman–Crippen MR) is 77.7 cm³/mol. The van der Waals surface area contributed by atoms with Crippen molar-refractivity contribution < 1.29 is 14.3 Å². The Hall–Kier alpha value is -1.29. The van der Waals surface area contributed by atoms with Gasteiger partial charge >= 0.3 is 5.97 Å². The summed E-state index contributed by atoms with van der Waals surface area (Å²) < 4.78 is 5.34. The maximum atomic E-state index is 10.8. The molecule has 2 heterocycles. The largest absolute Gasteiger partial charge is 0.475 e. The number of carboxylic acids is 1. The zero-order valence-electron chi connectivity index (χ0n) is 12.7. The molecule has 112 valence electrons. The average Bonchev–Trinajstić information content (AvgIpc) is 2.66. The summed E-state index contributed by atoms with van der Waals surface area (Å²) in [5, 5.41) is 8.87. The highest BCUT2D eigenvalue weighted by molar-refractivity contribution is 5.84. The lowest BCUT2D eigenvalue weighted by atomic mass is 9.77. The molecule has 0 spiro atoms. The lowest BCUT2D eigenvalue weighted by Crippen LogP contribution is -2.25. The van der Waals surface area contributed by atoms with Crippen molar-refractivity contribution in [2.75, 3.05) is 13.1 Å². The van der Waals surface area contributed by atoms with Gasteiger partial charge in [-0.2, -0.15) is 0 Å². The van der Waals surface area contributed by atoms with Crippen molar-refractivity contribution in [2.45, 2.75) is 46.6 Å². The Morgan fingerprint density at radius 2 is 2.10 bits per heavy atom. The third-order valence-electron chi connectivity index (χ3n) is 4.30. The molecule has 0 radical (unpaired) electrons. The summed E-state index contributed by atoms with van der Waals surface area (Å²) in [6, 6.07) is 3.31. The lowest BCUT2D eigenvalue weighted by Gasteiger charge is -2.29. The van der Waals surface area contributed by atoms with Gasteiger partial charge in [0, 0.05) is 0 Å². The predicted octanol–water partition coefficient (Wildman–Crippen LogP) is 3.63. The van der Waals surface area contributed by atoms with Crippen LogP contribution >= 0.6 is 0 Å². The van der Waals surface area contributed by atoms with Crippen molar-refractivity contribution in [2.24, 2.45) is 11.3 Å². The molecule has 1 aromatic heterocycles. The van der Waals surface area contributed by atoms with E-state index in [4.69, 9.17) is 9.52 Å². The monoisotopic (exact) mass is 279 g/mol. The molecular formula is C16H25NO3. The van der Waals surface area contributed by atoms with E-state index in [-0.39, 0.29) is 5.76 Å². The van der Waals surface area contributed by atoms with Gasteiger partial charge in [-0.3, -0.25) is 4.90 Å². The molecular weight excluding hydrogens is 254 g/mol. The van der Waals surface area contributed by atoms with E-state index in [0.717, 1.165) is 24.8 Å². The molecule has 1 atom stereocenters. The van der Waals surface area contributed by atoms with Crippen LogP contribution in [0.5, 0.6) is 0 Å². The zero-order valence-corrected chi connectivity index (χ0v) is 12.7. The Morgan fingerprint density at radius 1 is 1.35 bits per heavy atom. The molecule has 1 aliphatic heterocycles. The normalized spacial score (nSPS) is 21.6. The highest BCUT2D eigenvalue weighted by Gasteiger charge is 2.27. The second kappa shape index (κ2) is 6.00. The Kier molecular flexibility index (Phi) is 4.53. The number of furan rings is 1. The van der Waals surface area contributed by atoms with Crippen LogP contribution in [0, 0.1) is 11.3 Å². The van der Waals surface area contributed by atoms with Crippen molar-refractivity contribution in [3.8, 4) is 0 Å². The number of aromatic carboxylic acids is 1. The van der Waals surface area contributed by atoms with E-state index in [1.165, 1.54) is 25.3 Å². The molecule has 0 aromatic carbocycles. The molecule has 1 N–H and O–H groups in total. The van der Waals surface area contributed by atoms with Crippen LogP contribution in [0.15, 0.2) is 16.5 Å². The van der Waals surface area contributed by atoms with Crippen molar-refractivity contribution in [3.63, 3.8) is 0 Å². The molecule has 1 unspecified atom stereocenters. The van der Waals surface area contributed by atoms with E-state index in [0.29, 0.717) is 12.0 Å². The summed E-state index contributed by atoms with van der Waals surface area (Å²) in [5.41, 5.74) is 0.372. The summed E-state index contributed by atoms with van der Waals surface area (Å²) in [7, 11) is 0. The molecule has 0 amide bonds. The first-order chi connectivity index (χ1) is 9.36. The van der Waals surface area contributed by atoms with E-state index in [2.05, 4.69) is 25.7 Å². The number of likely N-dealkylation sites (tertiary alicyclic amines) is 1. The molecule has 1 fully saturated rings. The Morgan fingerprint density at radius 3 is 2.70 bits per heavy atom. The number of carboxylic acid groups (broad SMARTS) is 1. The summed E-state index contributed by atoms with van der Waals surface area (Å²) >= 11 is 0. The van der Waals surface area contributed by atoms with E-state index in [1.54, 1.807) is 6.07 Å². The highest BCUT2D eigenvalue weighted by Crippen LogP contribution is 2.34. The second-order valence-corrected chi connectivity index (χ2v) is 6.84. The van der Waals surface area contributed by atoms with Gasteiger partial charge < -0.3 is 9.52 Å². The topological polar surface area (TPSA) is 53.7 Å². The van der Waals surface area contributed by atoms with Gasteiger partial charge in [0.05, 0.1) is 6.54 Å². The van der Waals surface area contributed by atoms with E-state index >= 15 is 0 Å². The third-order valence-corrected chi connectivity index (χ3v) is 4.30. The molecule has 1 aliphatic rings. The maximum absolute atomic E-state index is 10.8. The summed E-state index contributed by atoms with van der Waals surface area (Å²) in [4.78, 5) is 13.2. The molecule has 4 nitrogen and oxygen atoms in total. The fourth-order valence-corrected chi connectivity index (χ4v) is 2.98. The van der Waals surface area contributed by atoms with E-state index < -0.39 is 5.97 Å². The van der Waals surface area contributed by atoms with Crippen LogP contribution in [0.3, 0.4) is 0 Å². The first kappa shape index (κ1) is 15.1. The maximum Gasteiger partial charge on any atom is 0.371 e. The third kappa shape index (κ3) is 3.85. The lowest BCUT2D eigenvalue weighted by molar-refractivity contribution is 0.0658. The number of hydrogen-bond acceptors (Lipinski definition) is 3.